The van der Waals surface area contributed by atoms with Crippen molar-refractivity contribution in [3.05, 3.63) is 39.6 Å². The van der Waals surface area contributed by atoms with Crippen molar-refractivity contribution < 1.29 is 27.5 Å². The lowest BCUT2D eigenvalue weighted by Gasteiger charge is -2.11. The van der Waals surface area contributed by atoms with E-state index in [2.05, 4.69) is 15.6 Å². The van der Waals surface area contributed by atoms with Gasteiger partial charge in [0.25, 0.3) is 5.91 Å². The van der Waals surface area contributed by atoms with Crippen molar-refractivity contribution in [1.29, 1.82) is 0 Å². The van der Waals surface area contributed by atoms with Gasteiger partial charge in [0.05, 0.1) is 23.0 Å². The van der Waals surface area contributed by atoms with Crippen LogP contribution in [0.4, 0.5) is 0 Å². The number of sulfonamides is 1. The largest absolute Gasteiger partial charge is 0.490 e. The third-order valence-corrected chi connectivity index (χ3v) is 8.15. The molecule has 3 N–H and O–H groups in total. The van der Waals surface area contributed by atoms with E-state index < -0.39 is 15.9 Å². The number of hydrogen-bond donors (Lipinski definition) is 3. The number of ether oxygens (including phenoxy) is 2. The maximum Gasteiger partial charge on any atom is 0.279 e. The van der Waals surface area contributed by atoms with E-state index in [4.69, 9.17) is 9.47 Å². The number of hydrogen-bond acceptors (Lipinski definition) is 7. The second-order valence-electron chi connectivity index (χ2n) is 7.93. The third-order valence-electron chi connectivity index (χ3n) is 5.46. The van der Waals surface area contributed by atoms with Crippen molar-refractivity contribution in [3.8, 4) is 11.5 Å². The molecule has 1 aromatic carbocycles. The summed E-state index contributed by atoms with van der Waals surface area (Å²) in [5.41, 5.74) is 5.97. The topological polar surface area (TPSA) is 123 Å². The average Bonchev–Trinajstić information content (AvgIpc) is 2.95. The van der Waals surface area contributed by atoms with Gasteiger partial charge in [0.1, 0.15) is 0 Å². The van der Waals surface area contributed by atoms with Crippen LogP contribution in [0.5, 0.6) is 11.5 Å². The first-order chi connectivity index (χ1) is 15.9. The van der Waals surface area contributed by atoms with Crippen LogP contribution in [0.2, 0.25) is 0 Å². The number of aryl methyl sites for hydroxylation is 2. The fraction of sp³-hybridized carbons (Fsp3) is 0.455. The molecule has 0 saturated carbocycles. The number of thiophene rings is 1. The minimum Gasteiger partial charge on any atom is -0.490 e. The summed E-state index contributed by atoms with van der Waals surface area (Å²) in [5.74, 6) is 0.0162. The molecule has 2 aromatic rings. The lowest BCUT2D eigenvalue weighted by Crippen LogP contribution is -2.42. The van der Waals surface area contributed by atoms with Gasteiger partial charge in [0.15, 0.2) is 11.5 Å². The van der Waals surface area contributed by atoms with Crippen LogP contribution >= 0.6 is 11.3 Å². The molecule has 0 unspecified atom stereocenters. The van der Waals surface area contributed by atoms with Gasteiger partial charge in [-0.15, -0.1) is 11.3 Å². The van der Waals surface area contributed by atoms with Crippen LogP contribution in [0.1, 0.15) is 52.2 Å². The zero-order valence-electron chi connectivity index (χ0n) is 18.1. The molecule has 1 aliphatic carbocycles. The van der Waals surface area contributed by atoms with E-state index in [-0.39, 0.29) is 23.8 Å². The molecule has 11 heteroatoms. The van der Waals surface area contributed by atoms with Gasteiger partial charge in [0.2, 0.25) is 15.9 Å². The Bertz CT molecular complexity index is 1110. The maximum absolute atomic E-state index is 12.5. The van der Waals surface area contributed by atoms with E-state index in [9.17, 15) is 18.0 Å². The fourth-order valence-electron chi connectivity index (χ4n) is 3.72. The van der Waals surface area contributed by atoms with E-state index in [1.807, 2.05) is 6.07 Å². The molecular weight excluding hydrogens is 466 g/mol. The average molecular weight is 494 g/mol. The van der Waals surface area contributed by atoms with Crippen LogP contribution < -0.4 is 25.0 Å². The molecule has 4 rings (SSSR count). The molecule has 1 aliphatic heterocycles. The Balaban J connectivity index is 1.24. The van der Waals surface area contributed by atoms with Crippen molar-refractivity contribution in [2.75, 3.05) is 19.8 Å². The number of carbonyl (C=O) groups is 2. The molecule has 2 amide bonds. The summed E-state index contributed by atoms with van der Waals surface area (Å²) in [6, 6.07) is 6.29. The van der Waals surface area contributed by atoms with Crippen LogP contribution in [0.3, 0.4) is 0 Å². The van der Waals surface area contributed by atoms with E-state index in [1.165, 1.54) is 40.3 Å². The van der Waals surface area contributed by atoms with E-state index >= 15 is 0 Å². The van der Waals surface area contributed by atoms with Crippen molar-refractivity contribution in [2.24, 2.45) is 0 Å². The van der Waals surface area contributed by atoms with Gasteiger partial charge in [-0.2, -0.15) is 0 Å². The Morgan fingerprint density at radius 1 is 0.939 bits per heavy atom. The van der Waals surface area contributed by atoms with E-state index in [1.54, 1.807) is 6.07 Å². The Labute approximate surface area is 196 Å². The first-order valence-corrected chi connectivity index (χ1v) is 13.3. The Kier molecular flexibility index (Phi) is 7.51. The number of fused-ring (bicyclic) bond motifs is 2. The standard InChI is InChI=1S/C22H27N3O6S2/c26-21(24-25-22(27)20-13-15-5-2-1-3-6-19(15)32-20)9-10-23-33(28,29)16-7-8-17-18(14-16)31-12-4-11-30-17/h7-8,13-14,23H,1-6,9-12H2,(H,24,26)(H,25,27). The number of benzene rings is 1. The minimum absolute atomic E-state index is 0.0259. The van der Waals surface area contributed by atoms with Crippen molar-refractivity contribution in [1.82, 2.24) is 15.6 Å². The summed E-state index contributed by atoms with van der Waals surface area (Å²) in [6.45, 7) is 0.841. The zero-order valence-corrected chi connectivity index (χ0v) is 19.8. The number of hydrazine groups is 1. The lowest BCUT2D eigenvalue weighted by atomic mass is 10.1. The molecule has 0 spiro atoms. The summed E-state index contributed by atoms with van der Waals surface area (Å²) < 4.78 is 38.5. The van der Waals surface area contributed by atoms with Gasteiger partial charge in [-0.05, 0) is 49.4 Å². The quantitative estimate of drug-likeness (QED) is 0.419. The monoisotopic (exact) mass is 493 g/mol. The fourth-order valence-corrected chi connectivity index (χ4v) is 5.92. The molecule has 33 heavy (non-hydrogen) atoms. The molecule has 178 valence electrons. The molecule has 1 aromatic heterocycles. The summed E-state index contributed by atoms with van der Waals surface area (Å²) in [5, 5.41) is 0. The Morgan fingerprint density at radius 3 is 2.58 bits per heavy atom. The molecule has 2 aliphatic rings. The highest BCUT2D eigenvalue weighted by Gasteiger charge is 2.20. The number of rotatable bonds is 6. The SMILES string of the molecule is O=C(CCNS(=O)(=O)c1ccc2c(c1)OCCCO2)NNC(=O)c1cc2c(s1)CCCCC2. The van der Waals surface area contributed by atoms with Crippen LogP contribution in [0, 0.1) is 0 Å². The van der Waals surface area contributed by atoms with Crippen molar-refractivity contribution in [2.45, 2.75) is 49.8 Å². The number of amides is 2. The highest BCUT2D eigenvalue weighted by Crippen LogP contribution is 2.32. The molecule has 0 bridgehead atoms. The summed E-state index contributed by atoms with van der Waals surface area (Å²) in [4.78, 5) is 26.3. The van der Waals surface area contributed by atoms with Gasteiger partial charge >= 0.3 is 0 Å². The molecule has 0 saturated heterocycles. The third kappa shape index (κ3) is 6.04. The molecule has 2 heterocycles. The minimum atomic E-state index is -3.83. The summed E-state index contributed by atoms with van der Waals surface area (Å²) in [6.07, 6.45) is 6.02. The molecule has 0 atom stereocenters. The highest BCUT2D eigenvalue weighted by atomic mass is 32.2. The van der Waals surface area contributed by atoms with E-state index in [0.29, 0.717) is 29.6 Å². The van der Waals surface area contributed by atoms with Gasteiger partial charge in [-0.3, -0.25) is 20.4 Å². The molecular formula is C22H27N3O6S2. The molecule has 0 fully saturated rings. The highest BCUT2D eigenvalue weighted by molar-refractivity contribution is 7.89. The predicted molar refractivity (Wildman–Crippen MR) is 123 cm³/mol. The predicted octanol–water partition coefficient (Wildman–Crippen LogP) is 2.31. The normalized spacial score (nSPS) is 15.6. The van der Waals surface area contributed by atoms with Gasteiger partial charge in [0, 0.05) is 30.3 Å². The summed E-state index contributed by atoms with van der Waals surface area (Å²) >= 11 is 1.46. The van der Waals surface area contributed by atoms with Gasteiger partial charge < -0.3 is 9.47 Å². The summed E-state index contributed by atoms with van der Waals surface area (Å²) in [7, 11) is -3.83. The Hall–Kier alpha value is -2.63. The van der Waals surface area contributed by atoms with E-state index in [0.717, 1.165) is 32.1 Å². The van der Waals surface area contributed by atoms with Crippen molar-refractivity contribution in [3.63, 3.8) is 0 Å². The first-order valence-electron chi connectivity index (χ1n) is 11.0. The second-order valence-corrected chi connectivity index (χ2v) is 10.8. The smallest absolute Gasteiger partial charge is 0.279 e. The maximum atomic E-state index is 12.5. The molecule has 0 radical (unpaired) electrons. The molecule has 9 nitrogen and oxygen atoms in total. The number of nitrogens with one attached hydrogen (secondary N) is 3. The van der Waals surface area contributed by atoms with Crippen LogP contribution in [-0.4, -0.2) is 40.0 Å². The second kappa shape index (κ2) is 10.5. The zero-order chi connectivity index (χ0) is 23.3. The number of carbonyl (C=O) groups excluding carboxylic acids is 2. The van der Waals surface area contributed by atoms with Crippen LogP contribution in [0.15, 0.2) is 29.2 Å². The van der Waals surface area contributed by atoms with Crippen LogP contribution in [-0.2, 0) is 27.7 Å². The lowest BCUT2D eigenvalue weighted by molar-refractivity contribution is -0.121. The van der Waals surface area contributed by atoms with Crippen molar-refractivity contribution >= 4 is 33.2 Å². The Morgan fingerprint density at radius 2 is 1.73 bits per heavy atom. The van der Waals surface area contributed by atoms with Crippen LogP contribution in [0.25, 0.3) is 0 Å². The van der Waals surface area contributed by atoms with Gasteiger partial charge in [-0.1, -0.05) is 6.42 Å². The van der Waals surface area contributed by atoms with Gasteiger partial charge in [-0.25, -0.2) is 13.1 Å². The first kappa shape index (κ1) is 23.5.